The lowest BCUT2D eigenvalue weighted by molar-refractivity contribution is -0.110. The molecule has 8 heteroatoms. The SMILES string of the molecule is CCN(CC)CCNC(=O)c1c(C)[nH]c(/C=C2\C(=O)Nc3ccc(C4CCN(C5CCOCC5)CC4)cc32)c1C. The van der Waals surface area contributed by atoms with Gasteiger partial charge in [0.2, 0.25) is 0 Å². The number of nitrogens with zero attached hydrogens (tertiary/aromatic N) is 2. The van der Waals surface area contributed by atoms with E-state index in [2.05, 4.69) is 57.5 Å². The molecule has 2 aromatic rings. The minimum atomic E-state index is -0.0987. The Morgan fingerprint density at radius 3 is 2.55 bits per heavy atom. The zero-order chi connectivity index (χ0) is 28.2. The van der Waals surface area contributed by atoms with Gasteiger partial charge in [-0.15, -0.1) is 0 Å². The Morgan fingerprint density at radius 2 is 1.85 bits per heavy atom. The van der Waals surface area contributed by atoms with Crippen molar-refractivity contribution in [1.82, 2.24) is 20.1 Å². The Hall–Kier alpha value is -2.94. The van der Waals surface area contributed by atoms with Gasteiger partial charge in [0, 0.05) is 55.0 Å². The first-order valence-corrected chi connectivity index (χ1v) is 15.1. The van der Waals surface area contributed by atoms with Crippen molar-refractivity contribution < 1.29 is 14.3 Å². The van der Waals surface area contributed by atoms with Crippen LogP contribution in [0.5, 0.6) is 0 Å². The minimum Gasteiger partial charge on any atom is -0.381 e. The van der Waals surface area contributed by atoms with Crippen molar-refractivity contribution in [2.45, 2.75) is 65.3 Å². The maximum atomic E-state index is 13.0. The zero-order valence-corrected chi connectivity index (χ0v) is 24.6. The molecule has 0 spiro atoms. The smallest absolute Gasteiger partial charge is 0.256 e. The van der Waals surface area contributed by atoms with Crippen molar-refractivity contribution in [3.8, 4) is 0 Å². The average Bonchev–Trinajstić information content (AvgIpc) is 3.44. The van der Waals surface area contributed by atoms with E-state index in [0.717, 1.165) is 99.8 Å². The van der Waals surface area contributed by atoms with Crippen molar-refractivity contribution in [2.75, 3.05) is 57.8 Å². The summed E-state index contributed by atoms with van der Waals surface area (Å²) in [4.78, 5) is 34.4. The van der Waals surface area contributed by atoms with Gasteiger partial charge in [-0.05, 0) is 101 Å². The number of ether oxygens (including phenoxy) is 1. The summed E-state index contributed by atoms with van der Waals surface area (Å²) in [5.41, 5.74) is 6.90. The van der Waals surface area contributed by atoms with Crippen molar-refractivity contribution in [3.63, 3.8) is 0 Å². The summed E-state index contributed by atoms with van der Waals surface area (Å²) in [6, 6.07) is 7.10. The summed E-state index contributed by atoms with van der Waals surface area (Å²) in [7, 11) is 0. The Morgan fingerprint density at radius 1 is 1.12 bits per heavy atom. The van der Waals surface area contributed by atoms with Gasteiger partial charge in [-0.3, -0.25) is 9.59 Å². The van der Waals surface area contributed by atoms with E-state index in [1.54, 1.807) is 0 Å². The molecule has 3 aliphatic heterocycles. The number of aromatic amines is 1. The molecule has 1 aromatic heterocycles. The molecule has 2 saturated heterocycles. The van der Waals surface area contributed by atoms with Gasteiger partial charge in [-0.2, -0.15) is 0 Å². The molecule has 2 fully saturated rings. The van der Waals surface area contributed by atoms with Gasteiger partial charge >= 0.3 is 0 Å². The molecule has 0 unspecified atom stereocenters. The van der Waals surface area contributed by atoms with Gasteiger partial charge in [0.05, 0.1) is 11.1 Å². The number of aromatic nitrogens is 1. The number of hydrogen-bond acceptors (Lipinski definition) is 5. The number of H-pyrrole nitrogens is 1. The van der Waals surface area contributed by atoms with E-state index >= 15 is 0 Å². The van der Waals surface area contributed by atoms with E-state index in [1.165, 1.54) is 5.56 Å². The number of anilines is 1. The number of piperidine rings is 1. The van der Waals surface area contributed by atoms with Crippen LogP contribution in [0.15, 0.2) is 18.2 Å². The first kappa shape index (κ1) is 28.6. The van der Waals surface area contributed by atoms with Gasteiger partial charge in [-0.1, -0.05) is 19.9 Å². The highest BCUT2D eigenvalue weighted by Crippen LogP contribution is 2.38. The zero-order valence-electron chi connectivity index (χ0n) is 24.6. The lowest BCUT2D eigenvalue weighted by Gasteiger charge is -2.39. The minimum absolute atomic E-state index is 0.0753. The van der Waals surface area contributed by atoms with Crippen LogP contribution in [0.4, 0.5) is 5.69 Å². The number of likely N-dealkylation sites (N-methyl/N-ethyl adjacent to an activating group) is 1. The monoisotopic (exact) mass is 547 g/mol. The topological polar surface area (TPSA) is 89.7 Å². The largest absolute Gasteiger partial charge is 0.381 e. The Bertz CT molecular complexity index is 1250. The molecule has 0 atom stereocenters. The molecule has 3 N–H and O–H groups in total. The fraction of sp³-hybridized carbons (Fsp3) is 0.562. The van der Waals surface area contributed by atoms with E-state index in [-0.39, 0.29) is 11.8 Å². The van der Waals surface area contributed by atoms with Crippen LogP contribution in [0, 0.1) is 13.8 Å². The number of carbonyl (C=O) groups is 2. The van der Waals surface area contributed by atoms with Gasteiger partial charge in [0.25, 0.3) is 11.8 Å². The Balaban J connectivity index is 1.30. The van der Waals surface area contributed by atoms with Crippen LogP contribution in [0.2, 0.25) is 0 Å². The molecule has 0 radical (unpaired) electrons. The number of amides is 2. The van der Waals surface area contributed by atoms with Crippen LogP contribution >= 0.6 is 0 Å². The molecule has 1 aromatic carbocycles. The number of likely N-dealkylation sites (tertiary alicyclic amines) is 1. The quantitative estimate of drug-likeness (QED) is 0.401. The fourth-order valence-electron chi connectivity index (χ4n) is 6.61. The number of carbonyl (C=O) groups excluding carboxylic acids is 2. The lowest BCUT2D eigenvalue weighted by atomic mass is 9.86. The standard InChI is InChI=1S/C32H45N5O3/c1-5-36(6-2)16-13-33-32(39)30-21(3)29(34-22(30)4)20-27-26-19-24(7-8-28(26)35-31(27)38)23-9-14-37(15-10-23)25-11-17-40-18-12-25/h7-8,19-20,23,25,34H,5-6,9-18H2,1-4H3,(H,33,39)(H,35,38)/b27-20-. The number of hydrogen-bond donors (Lipinski definition) is 3. The van der Waals surface area contributed by atoms with E-state index in [9.17, 15) is 9.59 Å². The summed E-state index contributed by atoms with van der Waals surface area (Å²) < 4.78 is 5.55. The average molecular weight is 548 g/mol. The third kappa shape index (κ3) is 6.04. The van der Waals surface area contributed by atoms with E-state index in [4.69, 9.17) is 4.74 Å². The van der Waals surface area contributed by atoms with Crippen LogP contribution in [-0.2, 0) is 9.53 Å². The molecule has 0 aliphatic carbocycles. The number of fused-ring (bicyclic) bond motifs is 1. The molecule has 2 amide bonds. The summed E-state index contributed by atoms with van der Waals surface area (Å²) in [6.45, 7) is 15.5. The summed E-state index contributed by atoms with van der Waals surface area (Å²) in [5.74, 6) is 0.325. The van der Waals surface area contributed by atoms with Gasteiger partial charge < -0.3 is 30.2 Å². The van der Waals surface area contributed by atoms with Crippen molar-refractivity contribution in [3.05, 3.63) is 51.8 Å². The molecular formula is C32H45N5O3. The molecule has 4 heterocycles. The van der Waals surface area contributed by atoms with Crippen LogP contribution in [0.25, 0.3) is 11.6 Å². The molecule has 0 bridgehead atoms. The van der Waals surface area contributed by atoms with Crippen molar-refractivity contribution in [1.29, 1.82) is 0 Å². The summed E-state index contributed by atoms with van der Waals surface area (Å²) in [5, 5.41) is 6.10. The number of rotatable bonds is 9. The molecule has 216 valence electrons. The second-order valence-electron chi connectivity index (χ2n) is 11.4. The predicted molar refractivity (Wildman–Crippen MR) is 161 cm³/mol. The molecule has 5 rings (SSSR count). The Kier molecular flexibility index (Phi) is 9.08. The van der Waals surface area contributed by atoms with Gasteiger partial charge in [-0.25, -0.2) is 0 Å². The van der Waals surface area contributed by atoms with Crippen LogP contribution in [0.1, 0.15) is 83.9 Å². The second-order valence-corrected chi connectivity index (χ2v) is 11.4. The van der Waals surface area contributed by atoms with Crippen LogP contribution in [-0.4, -0.2) is 85.1 Å². The van der Waals surface area contributed by atoms with E-state index in [1.807, 2.05) is 19.9 Å². The molecule has 0 saturated carbocycles. The van der Waals surface area contributed by atoms with Crippen molar-refractivity contribution in [2.24, 2.45) is 0 Å². The highest BCUT2D eigenvalue weighted by molar-refractivity contribution is 6.35. The third-order valence-corrected chi connectivity index (χ3v) is 9.13. The number of benzene rings is 1. The van der Waals surface area contributed by atoms with E-state index in [0.29, 0.717) is 29.6 Å². The Labute approximate surface area is 238 Å². The maximum Gasteiger partial charge on any atom is 0.256 e. The second kappa shape index (κ2) is 12.7. The van der Waals surface area contributed by atoms with Gasteiger partial charge in [0.15, 0.2) is 0 Å². The molecule has 40 heavy (non-hydrogen) atoms. The fourth-order valence-corrected chi connectivity index (χ4v) is 6.61. The highest BCUT2D eigenvalue weighted by Gasteiger charge is 2.30. The van der Waals surface area contributed by atoms with Gasteiger partial charge in [0.1, 0.15) is 0 Å². The van der Waals surface area contributed by atoms with Crippen LogP contribution in [0.3, 0.4) is 0 Å². The predicted octanol–water partition coefficient (Wildman–Crippen LogP) is 4.55. The number of aryl methyl sites for hydroxylation is 1. The van der Waals surface area contributed by atoms with Crippen molar-refractivity contribution >= 4 is 29.2 Å². The third-order valence-electron chi connectivity index (χ3n) is 9.13. The highest BCUT2D eigenvalue weighted by atomic mass is 16.5. The van der Waals surface area contributed by atoms with E-state index < -0.39 is 0 Å². The lowest BCUT2D eigenvalue weighted by Crippen LogP contribution is -2.43. The normalized spacial score (nSPS) is 19.8. The number of nitrogens with one attached hydrogen (secondary N) is 3. The molecule has 8 nitrogen and oxygen atoms in total. The first-order chi connectivity index (χ1) is 19.4. The first-order valence-electron chi connectivity index (χ1n) is 15.1. The molecular weight excluding hydrogens is 502 g/mol. The summed E-state index contributed by atoms with van der Waals surface area (Å²) >= 11 is 0. The summed E-state index contributed by atoms with van der Waals surface area (Å²) in [6.07, 6.45) is 6.47. The molecule has 3 aliphatic rings. The van der Waals surface area contributed by atoms with Crippen LogP contribution < -0.4 is 10.6 Å². The maximum absolute atomic E-state index is 13.0.